The van der Waals surface area contributed by atoms with E-state index in [0.717, 1.165) is 0 Å². The third-order valence-electron chi connectivity index (χ3n) is 4.08. The number of benzene rings is 2. The molecule has 2 aromatic rings. The quantitative estimate of drug-likeness (QED) is 0.497. The summed E-state index contributed by atoms with van der Waals surface area (Å²) in [4.78, 5) is 0. The minimum absolute atomic E-state index is 0.518. The summed E-state index contributed by atoms with van der Waals surface area (Å²) < 4.78 is 0. The van der Waals surface area contributed by atoms with Gasteiger partial charge in [0.15, 0.2) is 0 Å². The van der Waals surface area contributed by atoms with Gasteiger partial charge in [-0.2, -0.15) is 0 Å². The molecular weight excluding hydrogens is 367 g/mol. The highest BCUT2D eigenvalue weighted by molar-refractivity contribution is 6.30. The standard InChI is InChI=1S/C18H20Cl2O5/c19-12-5-1-10(2-6-12)15(11-3-7-13(20)8-4-11)17(24)18(25)16(23)14(22)9-21/h1-8,14-18,21-25H,9H2. The molecule has 5 nitrogen and oxygen atoms in total. The second-order valence-electron chi connectivity index (χ2n) is 5.80. The SMILES string of the molecule is OCC(O)C(O)C(O)C(O)C(c1ccc(Cl)cc1)c1ccc(Cl)cc1. The zero-order chi connectivity index (χ0) is 18.6. The van der Waals surface area contributed by atoms with Crippen LogP contribution in [0.4, 0.5) is 0 Å². The molecule has 136 valence electrons. The molecule has 0 bridgehead atoms. The van der Waals surface area contributed by atoms with E-state index in [1.165, 1.54) is 0 Å². The molecule has 0 saturated heterocycles. The van der Waals surface area contributed by atoms with Crippen LogP contribution in [0.2, 0.25) is 10.0 Å². The van der Waals surface area contributed by atoms with Crippen LogP contribution in [0.15, 0.2) is 48.5 Å². The minimum Gasteiger partial charge on any atom is -0.394 e. The summed E-state index contributed by atoms with van der Waals surface area (Å²) in [6, 6.07) is 13.4. The highest BCUT2D eigenvalue weighted by Crippen LogP contribution is 2.32. The molecule has 0 aliphatic heterocycles. The fraction of sp³-hybridized carbons (Fsp3) is 0.333. The van der Waals surface area contributed by atoms with Crippen LogP contribution in [0.25, 0.3) is 0 Å². The summed E-state index contributed by atoms with van der Waals surface area (Å²) in [6.07, 6.45) is -6.40. The fourth-order valence-corrected chi connectivity index (χ4v) is 2.91. The lowest BCUT2D eigenvalue weighted by atomic mass is 9.82. The van der Waals surface area contributed by atoms with Crippen molar-refractivity contribution >= 4 is 23.2 Å². The molecule has 25 heavy (non-hydrogen) atoms. The average Bonchev–Trinajstić information content (AvgIpc) is 2.63. The molecule has 4 atom stereocenters. The van der Waals surface area contributed by atoms with E-state index in [9.17, 15) is 20.4 Å². The Balaban J connectivity index is 2.40. The van der Waals surface area contributed by atoms with Gasteiger partial charge in [-0.3, -0.25) is 0 Å². The first-order valence-corrected chi connectivity index (χ1v) is 8.44. The third-order valence-corrected chi connectivity index (χ3v) is 4.58. The Bertz CT molecular complexity index is 617. The molecule has 0 radical (unpaired) electrons. The van der Waals surface area contributed by atoms with Crippen molar-refractivity contribution in [3.63, 3.8) is 0 Å². The van der Waals surface area contributed by atoms with Gasteiger partial charge in [0.2, 0.25) is 0 Å². The van der Waals surface area contributed by atoms with Crippen molar-refractivity contribution in [1.82, 2.24) is 0 Å². The van der Waals surface area contributed by atoms with E-state index in [-0.39, 0.29) is 0 Å². The van der Waals surface area contributed by atoms with E-state index in [0.29, 0.717) is 21.2 Å². The Morgan fingerprint density at radius 3 is 1.40 bits per heavy atom. The first-order valence-electron chi connectivity index (χ1n) is 7.69. The van der Waals surface area contributed by atoms with E-state index in [2.05, 4.69) is 0 Å². The van der Waals surface area contributed by atoms with E-state index < -0.39 is 36.9 Å². The van der Waals surface area contributed by atoms with Crippen LogP contribution >= 0.6 is 23.2 Å². The van der Waals surface area contributed by atoms with Crippen LogP contribution in [0.3, 0.4) is 0 Å². The molecule has 0 saturated carbocycles. The van der Waals surface area contributed by atoms with Gasteiger partial charge in [0.25, 0.3) is 0 Å². The van der Waals surface area contributed by atoms with Crippen LogP contribution in [-0.2, 0) is 0 Å². The molecule has 0 aliphatic rings. The third kappa shape index (κ3) is 4.92. The maximum absolute atomic E-state index is 10.7. The van der Waals surface area contributed by atoms with Crippen molar-refractivity contribution < 1.29 is 25.5 Å². The van der Waals surface area contributed by atoms with Crippen molar-refractivity contribution in [2.75, 3.05) is 6.61 Å². The first kappa shape index (κ1) is 20.1. The van der Waals surface area contributed by atoms with Crippen molar-refractivity contribution in [3.8, 4) is 0 Å². The van der Waals surface area contributed by atoms with Gasteiger partial charge in [-0.15, -0.1) is 0 Å². The molecule has 2 aromatic carbocycles. The molecule has 0 aromatic heterocycles. The molecule has 2 rings (SSSR count). The molecule has 7 heteroatoms. The van der Waals surface area contributed by atoms with Crippen molar-refractivity contribution in [1.29, 1.82) is 0 Å². The van der Waals surface area contributed by atoms with E-state index in [1.54, 1.807) is 48.5 Å². The monoisotopic (exact) mass is 386 g/mol. The maximum atomic E-state index is 10.7. The van der Waals surface area contributed by atoms with Gasteiger partial charge in [0.1, 0.15) is 18.3 Å². The maximum Gasteiger partial charge on any atom is 0.111 e. The smallest absolute Gasteiger partial charge is 0.111 e. The van der Waals surface area contributed by atoms with E-state index in [1.807, 2.05) is 0 Å². The number of aliphatic hydroxyl groups excluding tert-OH is 5. The van der Waals surface area contributed by atoms with Crippen LogP contribution in [-0.4, -0.2) is 56.6 Å². The largest absolute Gasteiger partial charge is 0.394 e. The van der Waals surface area contributed by atoms with Crippen LogP contribution in [0.1, 0.15) is 17.0 Å². The van der Waals surface area contributed by atoms with Crippen LogP contribution in [0.5, 0.6) is 0 Å². The molecule has 4 unspecified atom stereocenters. The molecule has 0 fully saturated rings. The van der Waals surface area contributed by atoms with Gasteiger partial charge < -0.3 is 25.5 Å². The predicted molar refractivity (Wildman–Crippen MR) is 95.9 cm³/mol. The molecular formula is C18H20Cl2O5. The van der Waals surface area contributed by atoms with Gasteiger partial charge in [-0.25, -0.2) is 0 Å². The molecule has 0 spiro atoms. The Labute approximate surface area is 155 Å². The highest BCUT2D eigenvalue weighted by atomic mass is 35.5. The first-order chi connectivity index (χ1) is 11.8. The van der Waals surface area contributed by atoms with Gasteiger partial charge >= 0.3 is 0 Å². The highest BCUT2D eigenvalue weighted by Gasteiger charge is 2.36. The normalized spacial score (nSPS) is 16.5. The number of aliphatic hydroxyl groups is 5. The summed E-state index contributed by atoms with van der Waals surface area (Å²) in [5.74, 6) is -0.704. The summed E-state index contributed by atoms with van der Waals surface area (Å²) in [5.41, 5.74) is 1.31. The van der Waals surface area contributed by atoms with E-state index >= 15 is 0 Å². The lowest BCUT2D eigenvalue weighted by Gasteiger charge is -2.31. The molecule has 0 amide bonds. The topological polar surface area (TPSA) is 101 Å². The molecule has 0 heterocycles. The molecule has 5 N–H and O–H groups in total. The summed E-state index contributed by atoms with van der Waals surface area (Å²) >= 11 is 11.8. The minimum atomic E-state index is -1.71. The lowest BCUT2D eigenvalue weighted by Crippen LogP contribution is -2.48. The Morgan fingerprint density at radius 1 is 0.640 bits per heavy atom. The second-order valence-corrected chi connectivity index (χ2v) is 6.68. The average molecular weight is 387 g/mol. The second kappa shape index (κ2) is 8.96. The van der Waals surface area contributed by atoms with Gasteiger partial charge in [0, 0.05) is 16.0 Å². The fourth-order valence-electron chi connectivity index (χ4n) is 2.66. The number of hydrogen-bond acceptors (Lipinski definition) is 5. The van der Waals surface area contributed by atoms with E-state index in [4.69, 9.17) is 28.3 Å². The number of halogens is 2. The zero-order valence-corrected chi connectivity index (χ0v) is 14.7. The Morgan fingerprint density at radius 2 is 1.04 bits per heavy atom. The van der Waals surface area contributed by atoms with Crippen molar-refractivity contribution in [3.05, 3.63) is 69.7 Å². The van der Waals surface area contributed by atoms with Gasteiger partial charge in [0.05, 0.1) is 12.7 Å². The predicted octanol–water partition coefficient (Wildman–Crippen LogP) is 1.56. The Hall–Kier alpha value is -1.18. The molecule has 0 aliphatic carbocycles. The van der Waals surface area contributed by atoms with Crippen molar-refractivity contribution in [2.45, 2.75) is 30.3 Å². The Kier molecular flexibility index (Phi) is 7.22. The van der Waals surface area contributed by atoms with Gasteiger partial charge in [-0.05, 0) is 35.4 Å². The van der Waals surface area contributed by atoms with Gasteiger partial charge in [-0.1, -0.05) is 47.5 Å². The van der Waals surface area contributed by atoms with Crippen LogP contribution < -0.4 is 0 Å². The number of rotatable bonds is 7. The summed E-state index contributed by atoms with van der Waals surface area (Å²) in [6.45, 7) is -0.739. The summed E-state index contributed by atoms with van der Waals surface area (Å²) in [7, 11) is 0. The summed E-state index contributed by atoms with van der Waals surface area (Å²) in [5, 5.41) is 50.4. The number of hydrogen-bond donors (Lipinski definition) is 5. The van der Waals surface area contributed by atoms with Crippen molar-refractivity contribution in [2.24, 2.45) is 0 Å². The van der Waals surface area contributed by atoms with Crippen LogP contribution in [0, 0.1) is 0 Å². The zero-order valence-electron chi connectivity index (χ0n) is 13.2. The lowest BCUT2D eigenvalue weighted by molar-refractivity contribution is -0.117.